The number of carboxylic acid groups (broad SMARTS) is 1. The maximum atomic E-state index is 11.2. The molecular formula is C18H16ClNO2. The fourth-order valence-corrected chi connectivity index (χ4v) is 3.04. The fourth-order valence-electron chi connectivity index (χ4n) is 2.92. The number of carbonyl (C=O) groups is 1. The SMILES string of the molecule is Cc1ccc2c(c1)c(-c1ccc(Cl)cc1)c(C)n2CC(=O)O. The zero-order valence-electron chi connectivity index (χ0n) is 12.4. The number of aliphatic carboxylic acids is 1. The molecule has 0 spiro atoms. The minimum absolute atomic E-state index is 0.0427. The first-order chi connectivity index (χ1) is 10.5. The van der Waals surface area contributed by atoms with E-state index in [9.17, 15) is 9.90 Å². The molecule has 1 aromatic heterocycles. The van der Waals surface area contributed by atoms with Crippen molar-refractivity contribution in [3.63, 3.8) is 0 Å². The van der Waals surface area contributed by atoms with Crippen LogP contribution in [0.15, 0.2) is 42.5 Å². The molecule has 0 amide bonds. The van der Waals surface area contributed by atoms with E-state index in [0.29, 0.717) is 5.02 Å². The molecule has 22 heavy (non-hydrogen) atoms. The number of carboxylic acids is 1. The van der Waals surface area contributed by atoms with E-state index in [2.05, 4.69) is 6.07 Å². The standard InChI is InChI=1S/C18H16ClNO2/c1-11-3-8-16-15(9-11)18(12(2)20(16)10-17(21)22)13-4-6-14(19)7-5-13/h3-9H,10H2,1-2H3,(H,21,22). The molecule has 3 aromatic rings. The van der Waals surface area contributed by atoms with Crippen LogP contribution in [0.1, 0.15) is 11.3 Å². The minimum atomic E-state index is -0.844. The first-order valence-electron chi connectivity index (χ1n) is 7.04. The molecule has 0 radical (unpaired) electrons. The molecule has 0 saturated heterocycles. The predicted octanol–water partition coefficient (Wildman–Crippen LogP) is 4.66. The van der Waals surface area contributed by atoms with Gasteiger partial charge in [0.2, 0.25) is 0 Å². The largest absolute Gasteiger partial charge is 0.480 e. The highest BCUT2D eigenvalue weighted by Gasteiger charge is 2.17. The second kappa shape index (κ2) is 5.50. The average Bonchev–Trinajstić information content (AvgIpc) is 2.72. The Morgan fingerprint density at radius 2 is 1.82 bits per heavy atom. The molecule has 0 aliphatic heterocycles. The Hall–Kier alpha value is -2.26. The summed E-state index contributed by atoms with van der Waals surface area (Å²) in [6.45, 7) is 3.95. The summed E-state index contributed by atoms with van der Waals surface area (Å²) in [5.74, 6) is -0.844. The molecule has 0 unspecified atom stereocenters. The Morgan fingerprint density at radius 1 is 1.14 bits per heavy atom. The van der Waals surface area contributed by atoms with Gasteiger partial charge in [0.15, 0.2) is 0 Å². The molecule has 0 bridgehead atoms. The van der Waals surface area contributed by atoms with Gasteiger partial charge in [0.1, 0.15) is 6.54 Å². The lowest BCUT2D eigenvalue weighted by Crippen LogP contribution is -2.09. The Labute approximate surface area is 133 Å². The predicted molar refractivity (Wildman–Crippen MR) is 89.5 cm³/mol. The van der Waals surface area contributed by atoms with Crippen molar-refractivity contribution in [2.45, 2.75) is 20.4 Å². The van der Waals surface area contributed by atoms with Crippen LogP contribution in [0.4, 0.5) is 0 Å². The van der Waals surface area contributed by atoms with Crippen molar-refractivity contribution in [3.8, 4) is 11.1 Å². The monoisotopic (exact) mass is 313 g/mol. The van der Waals surface area contributed by atoms with Gasteiger partial charge in [0.25, 0.3) is 0 Å². The Bertz CT molecular complexity index is 863. The minimum Gasteiger partial charge on any atom is -0.480 e. The molecule has 1 N–H and O–H groups in total. The van der Waals surface area contributed by atoms with Crippen LogP contribution >= 0.6 is 11.6 Å². The summed E-state index contributed by atoms with van der Waals surface area (Å²) in [5.41, 5.74) is 5.15. The van der Waals surface area contributed by atoms with E-state index in [1.165, 1.54) is 0 Å². The number of benzene rings is 2. The number of hydrogen-bond acceptors (Lipinski definition) is 1. The van der Waals surface area contributed by atoms with Crippen molar-refractivity contribution in [2.75, 3.05) is 0 Å². The first kappa shape index (κ1) is 14.7. The van der Waals surface area contributed by atoms with Gasteiger partial charge in [-0.3, -0.25) is 4.79 Å². The van der Waals surface area contributed by atoms with Gasteiger partial charge in [-0.15, -0.1) is 0 Å². The van der Waals surface area contributed by atoms with Gasteiger partial charge in [0, 0.05) is 27.2 Å². The number of halogens is 1. The van der Waals surface area contributed by atoms with Gasteiger partial charge >= 0.3 is 5.97 Å². The van der Waals surface area contributed by atoms with Crippen LogP contribution in [0, 0.1) is 13.8 Å². The summed E-state index contributed by atoms with van der Waals surface area (Å²) in [5, 5.41) is 10.9. The molecule has 0 fully saturated rings. The zero-order chi connectivity index (χ0) is 15.9. The highest BCUT2D eigenvalue weighted by molar-refractivity contribution is 6.30. The maximum absolute atomic E-state index is 11.2. The molecule has 112 valence electrons. The summed E-state index contributed by atoms with van der Waals surface area (Å²) in [6.07, 6.45) is 0. The van der Waals surface area contributed by atoms with Gasteiger partial charge in [-0.2, -0.15) is 0 Å². The van der Waals surface area contributed by atoms with Crippen LogP contribution in [0.5, 0.6) is 0 Å². The van der Waals surface area contributed by atoms with Crippen LogP contribution < -0.4 is 0 Å². The zero-order valence-corrected chi connectivity index (χ0v) is 13.2. The van der Waals surface area contributed by atoms with E-state index in [4.69, 9.17) is 11.6 Å². The van der Waals surface area contributed by atoms with Crippen molar-refractivity contribution in [3.05, 3.63) is 58.7 Å². The summed E-state index contributed by atoms with van der Waals surface area (Å²) in [7, 11) is 0. The van der Waals surface area contributed by atoms with Gasteiger partial charge in [-0.25, -0.2) is 0 Å². The van der Waals surface area contributed by atoms with Gasteiger partial charge in [-0.05, 0) is 43.7 Å². The van der Waals surface area contributed by atoms with Crippen molar-refractivity contribution in [1.29, 1.82) is 0 Å². The molecule has 0 saturated carbocycles. The van der Waals surface area contributed by atoms with Crippen molar-refractivity contribution in [2.24, 2.45) is 0 Å². The molecule has 0 aliphatic rings. The van der Waals surface area contributed by atoms with E-state index in [1.54, 1.807) is 0 Å². The Morgan fingerprint density at radius 3 is 2.45 bits per heavy atom. The molecule has 3 nitrogen and oxygen atoms in total. The molecule has 4 heteroatoms. The fraction of sp³-hybridized carbons (Fsp3) is 0.167. The summed E-state index contributed by atoms with van der Waals surface area (Å²) in [6, 6.07) is 13.7. The lowest BCUT2D eigenvalue weighted by Gasteiger charge is -2.06. The maximum Gasteiger partial charge on any atom is 0.323 e. The van der Waals surface area contributed by atoms with Crippen molar-refractivity contribution < 1.29 is 9.90 Å². The number of hydrogen-bond donors (Lipinski definition) is 1. The normalized spacial score (nSPS) is 11.0. The van der Waals surface area contributed by atoms with Gasteiger partial charge in [-0.1, -0.05) is 35.4 Å². The summed E-state index contributed by atoms with van der Waals surface area (Å²) in [4.78, 5) is 11.2. The number of aryl methyl sites for hydroxylation is 1. The molecule has 1 heterocycles. The molecular weight excluding hydrogens is 298 g/mol. The Kier molecular flexibility index (Phi) is 3.67. The topological polar surface area (TPSA) is 42.2 Å². The quantitative estimate of drug-likeness (QED) is 0.764. The van der Waals surface area contributed by atoms with E-state index < -0.39 is 5.97 Å². The highest BCUT2D eigenvalue weighted by Crippen LogP contribution is 2.35. The smallest absolute Gasteiger partial charge is 0.323 e. The van der Waals surface area contributed by atoms with Crippen LogP contribution in [0.2, 0.25) is 5.02 Å². The highest BCUT2D eigenvalue weighted by atomic mass is 35.5. The van der Waals surface area contributed by atoms with Gasteiger partial charge in [0.05, 0.1) is 0 Å². The third-order valence-corrected chi connectivity index (χ3v) is 4.16. The number of fused-ring (bicyclic) bond motifs is 1. The lowest BCUT2D eigenvalue weighted by atomic mass is 10.0. The van der Waals surface area contributed by atoms with Crippen LogP contribution in [-0.2, 0) is 11.3 Å². The summed E-state index contributed by atoms with van der Waals surface area (Å²) < 4.78 is 1.85. The number of aromatic nitrogens is 1. The molecule has 0 atom stereocenters. The van der Waals surface area contributed by atoms with Crippen LogP contribution in [-0.4, -0.2) is 15.6 Å². The lowest BCUT2D eigenvalue weighted by molar-refractivity contribution is -0.137. The van der Waals surface area contributed by atoms with Crippen LogP contribution in [0.3, 0.4) is 0 Å². The second-order valence-corrected chi connectivity index (χ2v) is 5.90. The molecule has 0 aliphatic carbocycles. The molecule has 2 aromatic carbocycles. The van der Waals surface area contributed by atoms with E-state index in [1.807, 2.05) is 54.8 Å². The van der Waals surface area contributed by atoms with Crippen LogP contribution in [0.25, 0.3) is 22.0 Å². The second-order valence-electron chi connectivity index (χ2n) is 5.47. The number of rotatable bonds is 3. The number of nitrogens with zero attached hydrogens (tertiary/aromatic N) is 1. The van der Waals surface area contributed by atoms with Gasteiger partial charge < -0.3 is 9.67 Å². The van der Waals surface area contributed by atoms with E-state index in [-0.39, 0.29) is 6.54 Å². The summed E-state index contributed by atoms with van der Waals surface area (Å²) >= 11 is 5.97. The third-order valence-electron chi connectivity index (χ3n) is 3.91. The first-order valence-corrected chi connectivity index (χ1v) is 7.42. The van der Waals surface area contributed by atoms with Crippen molar-refractivity contribution in [1.82, 2.24) is 4.57 Å². The van der Waals surface area contributed by atoms with Crippen molar-refractivity contribution >= 4 is 28.5 Å². The Balaban J connectivity index is 2.33. The van der Waals surface area contributed by atoms with E-state index in [0.717, 1.165) is 33.3 Å². The molecule has 3 rings (SSSR count). The van der Waals surface area contributed by atoms with E-state index >= 15 is 0 Å². The average molecular weight is 314 g/mol. The third kappa shape index (κ3) is 2.48.